The van der Waals surface area contributed by atoms with E-state index in [0.717, 1.165) is 48.2 Å². The Morgan fingerprint density at radius 2 is 1.93 bits per heavy atom. The van der Waals surface area contributed by atoms with Gasteiger partial charge in [0.1, 0.15) is 11.6 Å². The van der Waals surface area contributed by atoms with Crippen molar-refractivity contribution < 1.29 is 24.2 Å². The summed E-state index contributed by atoms with van der Waals surface area (Å²) in [5.41, 5.74) is 2.08. The minimum atomic E-state index is -1.06. The first kappa shape index (κ1) is 29.4. The minimum Gasteiger partial charge on any atom is -0.497 e. The average Bonchev–Trinajstić information content (AvgIpc) is 3.30. The molecule has 2 aromatic carbocycles. The number of likely N-dealkylation sites (tertiary alicyclic amines) is 1. The van der Waals surface area contributed by atoms with Gasteiger partial charge < -0.3 is 24.0 Å². The standard InChI is InChI=1S/C31H42N4O5/c1-31(2,3)35(30(37)38)27(22-11-8-13-24(19-22)40-5)20-28(36)33-16-9-12-23(21-33)29-32-25-14-6-7-15-26(25)34(29)17-10-18-39-4/h6-8,11,13-15,19,23,27H,9-10,12,16-18,20-21H2,1-5H3,(H,37,38)/t23-,27+/m1/s1. The Balaban J connectivity index is 1.60. The molecule has 0 saturated carbocycles. The van der Waals surface area contributed by atoms with Gasteiger partial charge in [0.15, 0.2) is 0 Å². The second kappa shape index (κ2) is 12.7. The van der Waals surface area contributed by atoms with Gasteiger partial charge in [-0.05, 0) is 69.9 Å². The van der Waals surface area contributed by atoms with Gasteiger partial charge in [-0.25, -0.2) is 9.78 Å². The highest BCUT2D eigenvalue weighted by Crippen LogP contribution is 2.35. The second-order valence-electron chi connectivity index (χ2n) is 11.5. The van der Waals surface area contributed by atoms with Crippen LogP contribution in [0.2, 0.25) is 0 Å². The molecule has 40 heavy (non-hydrogen) atoms. The van der Waals surface area contributed by atoms with Crippen LogP contribution in [0.1, 0.15) is 69.8 Å². The highest BCUT2D eigenvalue weighted by atomic mass is 16.5. The summed E-state index contributed by atoms with van der Waals surface area (Å²) in [4.78, 5) is 34.6. The fourth-order valence-electron chi connectivity index (χ4n) is 5.81. The molecule has 2 heterocycles. The smallest absolute Gasteiger partial charge is 0.408 e. The summed E-state index contributed by atoms with van der Waals surface area (Å²) in [5, 5.41) is 10.2. The number of carboxylic acid groups (broad SMARTS) is 1. The number of methoxy groups -OCH3 is 2. The van der Waals surface area contributed by atoms with Crippen molar-refractivity contribution >= 4 is 23.0 Å². The molecule has 216 valence electrons. The van der Waals surface area contributed by atoms with Crippen LogP contribution in [0.5, 0.6) is 5.75 Å². The Kier molecular flexibility index (Phi) is 9.35. The van der Waals surface area contributed by atoms with E-state index < -0.39 is 17.7 Å². The lowest BCUT2D eigenvalue weighted by Gasteiger charge is -2.41. The van der Waals surface area contributed by atoms with Crippen LogP contribution in [-0.4, -0.2) is 75.9 Å². The summed E-state index contributed by atoms with van der Waals surface area (Å²) in [6.07, 6.45) is 1.67. The van der Waals surface area contributed by atoms with Gasteiger partial charge in [-0.1, -0.05) is 24.3 Å². The number of fused-ring (bicyclic) bond motifs is 1. The zero-order valence-electron chi connectivity index (χ0n) is 24.3. The molecule has 2 atom stereocenters. The molecule has 1 aliphatic rings. The van der Waals surface area contributed by atoms with Crippen molar-refractivity contribution in [2.75, 3.05) is 33.9 Å². The minimum absolute atomic E-state index is 0.0493. The topological polar surface area (TPSA) is 97.1 Å². The molecule has 0 radical (unpaired) electrons. The molecular weight excluding hydrogens is 508 g/mol. The molecule has 1 fully saturated rings. The summed E-state index contributed by atoms with van der Waals surface area (Å²) in [6.45, 7) is 8.22. The number of amides is 2. The van der Waals surface area contributed by atoms with Gasteiger partial charge in [0.05, 0.1) is 30.6 Å². The molecule has 0 aliphatic carbocycles. The molecule has 1 N–H and O–H groups in total. The summed E-state index contributed by atoms with van der Waals surface area (Å²) in [6, 6.07) is 14.8. The van der Waals surface area contributed by atoms with Crippen LogP contribution in [0.15, 0.2) is 48.5 Å². The maximum Gasteiger partial charge on any atom is 0.408 e. The van der Waals surface area contributed by atoms with E-state index in [-0.39, 0.29) is 18.2 Å². The van der Waals surface area contributed by atoms with Gasteiger partial charge in [-0.3, -0.25) is 9.69 Å². The van der Waals surface area contributed by atoms with Gasteiger partial charge in [0.2, 0.25) is 5.91 Å². The van der Waals surface area contributed by atoms with E-state index >= 15 is 0 Å². The summed E-state index contributed by atoms with van der Waals surface area (Å²) in [5.74, 6) is 1.66. The molecule has 1 aliphatic heterocycles. The number of imidazole rings is 1. The highest BCUT2D eigenvalue weighted by Gasteiger charge is 2.37. The average molecular weight is 551 g/mol. The number of hydrogen-bond acceptors (Lipinski definition) is 5. The number of aromatic nitrogens is 2. The van der Waals surface area contributed by atoms with Crippen LogP contribution in [-0.2, 0) is 16.1 Å². The van der Waals surface area contributed by atoms with Crippen molar-refractivity contribution in [2.24, 2.45) is 0 Å². The molecule has 1 aromatic heterocycles. The van der Waals surface area contributed by atoms with Crippen molar-refractivity contribution in [3.63, 3.8) is 0 Å². The first-order chi connectivity index (χ1) is 19.1. The number of para-hydroxylation sites is 2. The van der Waals surface area contributed by atoms with Crippen molar-refractivity contribution in [3.8, 4) is 5.75 Å². The molecular formula is C31H42N4O5. The Bertz CT molecular complexity index is 1310. The predicted octanol–water partition coefficient (Wildman–Crippen LogP) is 5.70. The van der Waals surface area contributed by atoms with E-state index in [1.165, 1.54) is 4.90 Å². The normalized spacial score (nSPS) is 16.6. The number of hydrogen-bond donors (Lipinski definition) is 1. The van der Waals surface area contributed by atoms with Gasteiger partial charge in [0.25, 0.3) is 0 Å². The van der Waals surface area contributed by atoms with Crippen molar-refractivity contribution in [2.45, 2.75) is 70.5 Å². The molecule has 0 unspecified atom stereocenters. The lowest BCUT2D eigenvalue weighted by molar-refractivity contribution is -0.134. The predicted molar refractivity (Wildman–Crippen MR) is 155 cm³/mol. The number of piperidine rings is 1. The van der Waals surface area contributed by atoms with Gasteiger partial charge >= 0.3 is 6.09 Å². The van der Waals surface area contributed by atoms with Gasteiger partial charge in [0, 0.05) is 44.8 Å². The van der Waals surface area contributed by atoms with Crippen molar-refractivity contribution in [1.82, 2.24) is 19.4 Å². The maximum atomic E-state index is 13.9. The molecule has 9 heteroatoms. The number of aryl methyl sites for hydroxylation is 1. The lowest BCUT2D eigenvalue weighted by atomic mass is 9.93. The van der Waals surface area contributed by atoms with Crippen molar-refractivity contribution in [3.05, 3.63) is 59.9 Å². The van der Waals surface area contributed by atoms with Crippen LogP contribution in [0, 0.1) is 0 Å². The van der Waals surface area contributed by atoms with E-state index in [0.29, 0.717) is 25.4 Å². The molecule has 3 aromatic rings. The third-order valence-electron chi connectivity index (χ3n) is 7.64. The third kappa shape index (κ3) is 6.58. The number of rotatable bonds is 10. The zero-order valence-corrected chi connectivity index (χ0v) is 24.3. The number of benzene rings is 2. The van der Waals surface area contributed by atoms with E-state index in [1.807, 2.05) is 68.1 Å². The molecule has 4 rings (SSSR count). The van der Waals surface area contributed by atoms with E-state index in [9.17, 15) is 14.7 Å². The SMILES string of the molecule is COCCCn1c([C@@H]2CCCN(C(=O)C[C@@H](c3cccc(OC)c3)N(C(=O)O)C(C)(C)C)C2)nc2ccccc21. The van der Waals surface area contributed by atoms with E-state index in [1.54, 1.807) is 14.2 Å². The second-order valence-corrected chi connectivity index (χ2v) is 11.5. The van der Waals surface area contributed by atoms with Crippen LogP contribution >= 0.6 is 0 Å². The molecule has 0 bridgehead atoms. The molecule has 9 nitrogen and oxygen atoms in total. The first-order valence-corrected chi connectivity index (χ1v) is 14.0. The van der Waals surface area contributed by atoms with Crippen LogP contribution in [0.3, 0.4) is 0 Å². The summed E-state index contributed by atoms with van der Waals surface area (Å²) < 4.78 is 13.0. The number of ether oxygens (including phenoxy) is 2. The Morgan fingerprint density at radius 3 is 2.62 bits per heavy atom. The lowest BCUT2D eigenvalue weighted by Crippen LogP contribution is -2.49. The number of nitrogens with zero attached hydrogens (tertiary/aromatic N) is 4. The van der Waals surface area contributed by atoms with Gasteiger partial charge in [-0.2, -0.15) is 0 Å². The van der Waals surface area contributed by atoms with Gasteiger partial charge in [-0.15, -0.1) is 0 Å². The highest BCUT2D eigenvalue weighted by molar-refractivity contribution is 5.79. The third-order valence-corrected chi connectivity index (χ3v) is 7.64. The Labute approximate surface area is 236 Å². The first-order valence-electron chi connectivity index (χ1n) is 14.0. The van der Waals surface area contributed by atoms with E-state index in [4.69, 9.17) is 14.5 Å². The summed E-state index contributed by atoms with van der Waals surface area (Å²) in [7, 11) is 3.29. The monoisotopic (exact) mass is 550 g/mol. The Hall–Kier alpha value is -3.59. The quantitative estimate of drug-likeness (QED) is 0.326. The van der Waals surface area contributed by atoms with E-state index in [2.05, 4.69) is 10.6 Å². The number of carbonyl (C=O) groups excluding carboxylic acids is 1. The van der Waals surface area contributed by atoms with Crippen LogP contribution in [0.25, 0.3) is 11.0 Å². The van der Waals surface area contributed by atoms with Crippen molar-refractivity contribution in [1.29, 1.82) is 0 Å². The largest absolute Gasteiger partial charge is 0.497 e. The fraction of sp³-hybridized carbons (Fsp3) is 0.516. The maximum absolute atomic E-state index is 13.9. The van der Waals surface area contributed by atoms with Crippen LogP contribution < -0.4 is 4.74 Å². The molecule has 2 amide bonds. The molecule has 0 spiro atoms. The zero-order chi connectivity index (χ0) is 28.9. The summed E-state index contributed by atoms with van der Waals surface area (Å²) >= 11 is 0. The van der Waals surface area contributed by atoms with Crippen LogP contribution in [0.4, 0.5) is 4.79 Å². The Morgan fingerprint density at radius 1 is 1.15 bits per heavy atom. The fourth-order valence-corrected chi connectivity index (χ4v) is 5.81. The molecule has 1 saturated heterocycles. The number of carbonyl (C=O) groups is 2.